The number of carbonyl (C=O) groups excluding carboxylic acids is 1. The second-order valence-corrected chi connectivity index (χ2v) is 6.89. The fourth-order valence-corrected chi connectivity index (χ4v) is 3.36. The number of nitrogens with zero attached hydrogens (tertiary/aromatic N) is 2. The van der Waals surface area contributed by atoms with Crippen molar-refractivity contribution in [1.29, 1.82) is 0 Å². The standard InChI is InChI=1S/C22H22FN3O3/c1-28-18-5-2-4-15(12-18)21-20(22(27)24-13-19-6-3-11-29-19)14-26(25-21)17-9-7-16(23)8-10-17/h2,4-5,7-10,12,14,19H,3,6,11,13H2,1H3,(H,24,27)/t19-/m1/s1. The number of hydrogen-bond acceptors (Lipinski definition) is 4. The molecule has 1 fully saturated rings. The summed E-state index contributed by atoms with van der Waals surface area (Å²) in [6, 6.07) is 13.3. The Balaban J connectivity index is 1.68. The van der Waals surface area contributed by atoms with Crippen molar-refractivity contribution in [3.05, 3.63) is 66.1 Å². The first-order valence-corrected chi connectivity index (χ1v) is 9.54. The molecule has 150 valence electrons. The minimum Gasteiger partial charge on any atom is -0.497 e. The van der Waals surface area contributed by atoms with Gasteiger partial charge in [-0.2, -0.15) is 5.10 Å². The Morgan fingerprint density at radius 3 is 2.86 bits per heavy atom. The monoisotopic (exact) mass is 395 g/mol. The lowest BCUT2D eigenvalue weighted by Crippen LogP contribution is -2.31. The van der Waals surface area contributed by atoms with Gasteiger partial charge < -0.3 is 14.8 Å². The van der Waals surface area contributed by atoms with Crippen LogP contribution in [0.25, 0.3) is 16.9 Å². The number of hydrogen-bond donors (Lipinski definition) is 1. The van der Waals surface area contributed by atoms with Crippen molar-refractivity contribution < 1.29 is 18.7 Å². The third-order valence-corrected chi connectivity index (χ3v) is 4.91. The molecular weight excluding hydrogens is 373 g/mol. The van der Waals surface area contributed by atoms with Crippen LogP contribution in [0.3, 0.4) is 0 Å². The molecule has 29 heavy (non-hydrogen) atoms. The van der Waals surface area contributed by atoms with Crippen LogP contribution in [0.1, 0.15) is 23.2 Å². The molecule has 0 saturated carbocycles. The van der Waals surface area contributed by atoms with E-state index in [1.165, 1.54) is 12.1 Å². The van der Waals surface area contributed by atoms with Gasteiger partial charge in [0.25, 0.3) is 5.91 Å². The van der Waals surface area contributed by atoms with E-state index >= 15 is 0 Å². The second-order valence-electron chi connectivity index (χ2n) is 6.89. The Hall–Kier alpha value is -3.19. The van der Waals surface area contributed by atoms with Crippen LogP contribution in [0.5, 0.6) is 5.75 Å². The van der Waals surface area contributed by atoms with Crippen molar-refractivity contribution in [2.24, 2.45) is 0 Å². The molecule has 0 bridgehead atoms. The lowest BCUT2D eigenvalue weighted by molar-refractivity contribution is 0.0858. The average molecular weight is 395 g/mol. The van der Waals surface area contributed by atoms with Crippen molar-refractivity contribution in [2.75, 3.05) is 20.3 Å². The number of nitrogens with one attached hydrogen (secondary N) is 1. The zero-order valence-corrected chi connectivity index (χ0v) is 16.1. The summed E-state index contributed by atoms with van der Waals surface area (Å²) in [5, 5.41) is 7.55. The lowest BCUT2D eigenvalue weighted by atomic mass is 10.1. The van der Waals surface area contributed by atoms with E-state index in [-0.39, 0.29) is 17.8 Å². The van der Waals surface area contributed by atoms with E-state index in [1.807, 2.05) is 24.3 Å². The number of benzene rings is 2. The van der Waals surface area contributed by atoms with Crippen molar-refractivity contribution in [3.63, 3.8) is 0 Å². The molecule has 1 saturated heterocycles. The molecule has 0 unspecified atom stereocenters. The third kappa shape index (κ3) is 4.30. The molecule has 0 aliphatic carbocycles. The van der Waals surface area contributed by atoms with Gasteiger partial charge in [-0.1, -0.05) is 12.1 Å². The molecule has 7 heteroatoms. The molecule has 2 aromatic carbocycles. The van der Waals surface area contributed by atoms with Gasteiger partial charge in [0.15, 0.2) is 0 Å². The first-order chi connectivity index (χ1) is 14.1. The summed E-state index contributed by atoms with van der Waals surface area (Å²) in [6.07, 6.45) is 3.66. The maximum absolute atomic E-state index is 13.3. The maximum atomic E-state index is 13.3. The minimum atomic E-state index is -0.330. The number of halogens is 1. The molecule has 4 rings (SSSR count). The number of amides is 1. The van der Waals surface area contributed by atoms with E-state index in [2.05, 4.69) is 10.4 Å². The molecule has 1 N–H and O–H groups in total. The smallest absolute Gasteiger partial charge is 0.255 e. The second kappa shape index (κ2) is 8.45. The summed E-state index contributed by atoms with van der Waals surface area (Å²) in [5.74, 6) is 0.111. The van der Waals surface area contributed by atoms with Crippen LogP contribution in [0, 0.1) is 5.82 Å². The van der Waals surface area contributed by atoms with Gasteiger partial charge >= 0.3 is 0 Å². The van der Waals surface area contributed by atoms with Crippen LogP contribution >= 0.6 is 0 Å². The molecule has 0 radical (unpaired) electrons. The third-order valence-electron chi connectivity index (χ3n) is 4.91. The first-order valence-electron chi connectivity index (χ1n) is 9.54. The summed E-state index contributed by atoms with van der Waals surface area (Å²) >= 11 is 0. The lowest BCUT2D eigenvalue weighted by Gasteiger charge is -2.10. The van der Waals surface area contributed by atoms with Crippen LogP contribution in [0.4, 0.5) is 4.39 Å². The van der Waals surface area contributed by atoms with E-state index in [0.29, 0.717) is 29.2 Å². The summed E-state index contributed by atoms with van der Waals surface area (Å²) in [4.78, 5) is 12.9. The molecule has 6 nitrogen and oxygen atoms in total. The molecule has 1 amide bonds. The predicted molar refractivity (Wildman–Crippen MR) is 107 cm³/mol. The molecule has 1 aromatic heterocycles. The van der Waals surface area contributed by atoms with E-state index < -0.39 is 0 Å². The number of aromatic nitrogens is 2. The van der Waals surface area contributed by atoms with Gasteiger partial charge in [0, 0.05) is 24.9 Å². The summed E-state index contributed by atoms with van der Waals surface area (Å²) in [7, 11) is 1.59. The molecule has 3 aromatic rings. The zero-order valence-electron chi connectivity index (χ0n) is 16.1. The highest BCUT2D eigenvalue weighted by Crippen LogP contribution is 2.27. The highest BCUT2D eigenvalue weighted by atomic mass is 19.1. The summed E-state index contributed by atoms with van der Waals surface area (Å²) < 4.78 is 25.8. The fourth-order valence-electron chi connectivity index (χ4n) is 3.36. The van der Waals surface area contributed by atoms with Crippen molar-refractivity contribution in [1.82, 2.24) is 15.1 Å². The topological polar surface area (TPSA) is 65.4 Å². The van der Waals surface area contributed by atoms with Gasteiger partial charge in [-0.05, 0) is 49.2 Å². The van der Waals surface area contributed by atoms with Crippen molar-refractivity contribution >= 4 is 5.91 Å². The van der Waals surface area contributed by atoms with Crippen LogP contribution in [0.2, 0.25) is 0 Å². The van der Waals surface area contributed by atoms with Gasteiger partial charge in [0.1, 0.15) is 17.3 Å². The summed E-state index contributed by atoms with van der Waals surface area (Å²) in [5.41, 5.74) is 2.37. The van der Waals surface area contributed by atoms with Gasteiger partial charge in [0.2, 0.25) is 0 Å². The van der Waals surface area contributed by atoms with Crippen molar-refractivity contribution in [3.8, 4) is 22.7 Å². The molecule has 1 aliphatic heterocycles. The van der Waals surface area contributed by atoms with E-state index in [0.717, 1.165) is 25.0 Å². The van der Waals surface area contributed by atoms with Crippen LogP contribution in [0.15, 0.2) is 54.7 Å². The Bertz CT molecular complexity index is 995. The Labute approximate surface area is 168 Å². The highest BCUT2D eigenvalue weighted by molar-refractivity contribution is 6.00. The molecule has 1 aliphatic rings. The summed E-state index contributed by atoms with van der Waals surface area (Å²) in [6.45, 7) is 1.19. The van der Waals surface area contributed by atoms with E-state index in [4.69, 9.17) is 9.47 Å². The van der Waals surface area contributed by atoms with Gasteiger partial charge in [-0.3, -0.25) is 4.79 Å². The van der Waals surface area contributed by atoms with Gasteiger partial charge in [0.05, 0.1) is 24.5 Å². The predicted octanol–water partition coefficient (Wildman–Crippen LogP) is 3.60. The van der Waals surface area contributed by atoms with Crippen LogP contribution in [-0.2, 0) is 4.74 Å². The van der Waals surface area contributed by atoms with Gasteiger partial charge in [-0.15, -0.1) is 0 Å². The molecule has 2 heterocycles. The number of methoxy groups -OCH3 is 1. The zero-order chi connectivity index (χ0) is 20.2. The average Bonchev–Trinajstić information content (AvgIpc) is 3.43. The number of rotatable bonds is 6. The fraction of sp³-hybridized carbons (Fsp3) is 0.273. The highest BCUT2D eigenvalue weighted by Gasteiger charge is 2.21. The molecular formula is C22H22FN3O3. The van der Waals surface area contributed by atoms with Crippen molar-refractivity contribution in [2.45, 2.75) is 18.9 Å². The van der Waals surface area contributed by atoms with Crippen LogP contribution < -0.4 is 10.1 Å². The number of ether oxygens (including phenoxy) is 2. The first kappa shape index (κ1) is 19.1. The number of carbonyl (C=O) groups is 1. The minimum absolute atomic E-state index is 0.0476. The van der Waals surface area contributed by atoms with E-state index in [9.17, 15) is 9.18 Å². The van der Waals surface area contributed by atoms with E-state index in [1.54, 1.807) is 30.1 Å². The van der Waals surface area contributed by atoms with Crippen LogP contribution in [-0.4, -0.2) is 42.1 Å². The Kier molecular flexibility index (Phi) is 5.57. The maximum Gasteiger partial charge on any atom is 0.255 e. The normalized spacial score (nSPS) is 16.0. The SMILES string of the molecule is COc1cccc(-c2nn(-c3ccc(F)cc3)cc2C(=O)NC[C@H]2CCCO2)c1. The Morgan fingerprint density at radius 1 is 1.31 bits per heavy atom. The Morgan fingerprint density at radius 2 is 2.14 bits per heavy atom. The molecule has 1 atom stereocenters. The molecule has 0 spiro atoms. The quantitative estimate of drug-likeness (QED) is 0.693. The largest absolute Gasteiger partial charge is 0.497 e. The van der Waals surface area contributed by atoms with Gasteiger partial charge in [-0.25, -0.2) is 9.07 Å².